The van der Waals surface area contributed by atoms with Crippen LogP contribution in [-0.4, -0.2) is 36.3 Å². The molecule has 5 nitrogen and oxygen atoms in total. The largest absolute Gasteiger partial charge is 0.346 e. The van der Waals surface area contributed by atoms with Gasteiger partial charge in [0.25, 0.3) is 0 Å². The van der Waals surface area contributed by atoms with E-state index in [0.717, 1.165) is 31.5 Å². The molecule has 7 heteroatoms. The molecule has 0 unspecified atom stereocenters. The number of amides is 2. The van der Waals surface area contributed by atoms with Crippen LogP contribution in [0, 0.1) is 5.82 Å². The van der Waals surface area contributed by atoms with Crippen LogP contribution in [0.15, 0.2) is 41.1 Å². The molecular formula is C18H20FN3O2S. The molecule has 1 fully saturated rings. The van der Waals surface area contributed by atoms with Crippen molar-refractivity contribution < 1.29 is 14.0 Å². The number of nitrogens with one attached hydrogen (secondary N) is 2. The van der Waals surface area contributed by atoms with Gasteiger partial charge in [-0.25, -0.2) is 4.39 Å². The Morgan fingerprint density at radius 2 is 1.84 bits per heavy atom. The molecule has 0 radical (unpaired) electrons. The number of anilines is 1. The summed E-state index contributed by atoms with van der Waals surface area (Å²) in [6, 6.07) is 7.42. The predicted octanol–water partition coefficient (Wildman–Crippen LogP) is 2.78. The molecule has 1 aliphatic rings. The minimum absolute atomic E-state index is 0.0799. The normalized spacial score (nSPS) is 15.7. The average molecular weight is 361 g/mol. The molecule has 0 bridgehead atoms. The Morgan fingerprint density at radius 3 is 2.48 bits per heavy atom. The van der Waals surface area contributed by atoms with Crippen LogP contribution in [0.2, 0.25) is 0 Å². The van der Waals surface area contributed by atoms with Crippen molar-refractivity contribution in [3.05, 3.63) is 52.5 Å². The second-order valence-electron chi connectivity index (χ2n) is 5.99. The molecule has 2 amide bonds. The van der Waals surface area contributed by atoms with Crippen LogP contribution in [-0.2, 0) is 9.59 Å². The van der Waals surface area contributed by atoms with Crippen LogP contribution in [0.5, 0.6) is 0 Å². The fourth-order valence-electron chi connectivity index (χ4n) is 2.97. The fourth-order valence-corrected chi connectivity index (χ4v) is 3.67. The molecular weight excluding hydrogens is 341 g/mol. The van der Waals surface area contributed by atoms with Crippen LogP contribution in [0.1, 0.15) is 24.4 Å². The lowest BCUT2D eigenvalue weighted by molar-refractivity contribution is -0.136. The van der Waals surface area contributed by atoms with Crippen LogP contribution in [0.3, 0.4) is 0 Å². The third kappa shape index (κ3) is 4.64. The van der Waals surface area contributed by atoms with Gasteiger partial charge in [0.05, 0.1) is 6.04 Å². The van der Waals surface area contributed by atoms with E-state index in [0.29, 0.717) is 12.2 Å². The van der Waals surface area contributed by atoms with Crippen molar-refractivity contribution in [3.63, 3.8) is 0 Å². The molecule has 0 saturated carbocycles. The number of hydrogen-bond acceptors (Lipinski definition) is 4. The molecule has 0 spiro atoms. The van der Waals surface area contributed by atoms with Crippen molar-refractivity contribution >= 4 is 28.8 Å². The van der Waals surface area contributed by atoms with Crippen LogP contribution in [0.4, 0.5) is 10.1 Å². The molecule has 1 saturated heterocycles. The van der Waals surface area contributed by atoms with Gasteiger partial charge < -0.3 is 10.6 Å². The number of hydrogen-bond donors (Lipinski definition) is 2. The minimum Gasteiger partial charge on any atom is -0.346 e. The van der Waals surface area contributed by atoms with Crippen LogP contribution in [0.25, 0.3) is 0 Å². The van der Waals surface area contributed by atoms with E-state index in [2.05, 4.69) is 27.0 Å². The van der Waals surface area contributed by atoms with E-state index in [1.165, 1.54) is 24.3 Å². The van der Waals surface area contributed by atoms with Crippen molar-refractivity contribution in [2.24, 2.45) is 0 Å². The van der Waals surface area contributed by atoms with E-state index in [-0.39, 0.29) is 6.04 Å². The van der Waals surface area contributed by atoms with E-state index in [1.54, 1.807) is 11.3 Å². The summed E-state index contributed by atoms with van der Waals surface area (Å²) in [4.78, 5) is 26.4. The monoisotopic (exact) mass is 361 g/mol. The highest BCUT2D eigenvalue weighted by Crippen LogP contribution is 2.26. The molecule has 132 valence electrons. The van der Waals surface area contributed by atoms with E-state index in [4.69, 9.17) is 0 Å². The highest BCUT2D eigenvalue weighted by molar-refractivity contribution is 7.08. The first-order valence-electron chi connectivity index (χ1n) is 8.24. The van der Waals surface area contributed by atoms with E-state index in [9.17, 15) is 14.0 Å². The van der Waals surface area contributed by atoms with Gasteiger partial charge in [-0.05, 0) is 72.6 Å². The van der Waals surface area contributed by atoms with Crippen molar-refractivity contribution in [1.82, 2.24) is 10.2 Å². The Morgan fingerprint density at radius 1 is 1.12 bits per heavy atom. The van der Waals surface area contributed by atoms with Gasteiger partial charge in [-0.2, -0.15) is 11.3 Å². The Bertz CT molecular complexity index is 712. The van der Waals surface area contributed by atoms with Gasteiger partial charge in [0.15, 0.2) is 0 Å². The number of thiophene rings is 1. The highest BCUT2D eigenvalue weighted by atomic mass is 32.1. The van der Waals surface area contributed by atoms with Crippen molar-refractivity contribution in [3.8, 4) is 0 Å². The lowest BCUT2D eigenvalue weighted by Gasteiger charge is -2.27. The zero-order chi connectivity index (χ0) is 17.6. The van der Waals surface area contributed by atoms with E-state index < -0.39 is 17.6 Å². The van der Waals surface area contributed by atoms with Gasteiger partial charge >= 0.3 is 11.8 Å². The number of carbonyl (C=O) groups excluding carboxylic acids is 2. The topological polar surface area (TPSA) is 61.4 Å². The summed E-state index contributed by atoms with van der Waals surface area (Å²) in [6.07, 6.45) is 2.30. The lowest BCUT2D eigenvalue weighted by Crippen LogP contribution is -2.41. The summed E-state index contributed by atoms with van der Waals surface area (Å²) in [7, 11) is 0. The smallest absolute Gasteiger partial charge is 0.313 e. The van der Waals surface area contributed by atoms with Crippen molar-refractivity contribution in [2.45, 2.75) is 18.9 Å². The molecule has 3 rings (SSSR count). The van der Waals surface area contributed by atoms with Crippen LogP contribution >= 0.6 is 11.3 Å². The van der Waals surface area contributed by atoms with Gasteiger partial charge in [-0.15, -0.1) is 0 Å². The maximum absolute atomic E-state index is 12.9. The first-order chi connectivity index (χ1) is 12.1. The number of benzene rings is 1. The number of rotatable bonds is 5. The number of halogens is 1. The Balaban J connectivity index is 1.57. The summed E-state index contributed by atoms with van der Waals surface area (Å²) in [5.41, 5.74) is 1.54. The summed E-state index contributed by atoms with van der Waals surface area (Å²) in [6.45, 7) is 2.38. The van der Waals surface area contributed by atoms with Gasteiger partial charge in [-0.3, -0.25) is 14.5 Å². The molecule has 2 N–H and O–H groups in total. The number of nitrogens with zero attached hydrogens (tertiary/aromatic N) is 1. The molecule has 0 aliphatic carbocycles. The van der Waals surface area contributed by atoms with Gasteiger partial charge in [-0.1, -0.05) is 0 Å². The second-order valence-corrected chi connectivity index (χ2v) is 6.77. The Labute approximate surface area is 149 Å². The SMILES string of the molecule is O=C(NC[C@H](c1ccsc1)N1CCCC1)C(=O)Nc1ccc(F)cc1. The molecule has 1 aliphatic heterocycles. The summed E-state index contributed by atoms with van der Waals surface area (Å²) >= 11 is 1.62. The maximum atomic E-state index is 12.9. The first kappa shape index (κ1) is 17.6. The molecule has 1 atom stereocenters. The molecule has 1 aromatic carbocycles. The standard InChI is InChI=1S/C18H20FN3O2S/c19-14-3-5-15(6-4-14)21-18(24)17(23)20-11-16(13-7-10-25-12-13)22-8-1-2-9-22/h3-7,10,12,16H,1-2,8-9,11H2,(H,20,23)(H,21,24)/t16-/m1/s1. The van der Waals surface area contributed by atoms with Crippen molar-refractivity contribution in [1.29, 1.82) is 0 Å². The zero-order valence-corrected chi connectivity index (χ0v) is 14.5. The zero-order valence-electron chi connectivity index (χ0n) is 13.7. The Hall–Kier alpha value is -2.25. The summed E-state index contributed by atoms with van der Waals surface area (Å²) in [5, 5.41) is 9.28. The quantitative estimate of drug-likeness (QED) is 0.805. The van der Waals surface area contributed by atoms with Gasteiger partial charge in [0.1, 0.15) is 5.82 Å². The van der Waals surface area contributed by atoms with E-state index >= 15 is 0 Å². The van der Waals surface area contributed by atoms with E-state index in [1.807, 2.05) is 5.38 Å². The first-order valence-corrected chi connectivity index (χ1v) is 9.18. The van der Waals surface area contributed by atoms with Gasteiger partial charge in [0.2, 0.25) is 0 Å². The molecule has 2 heterocycles. The fraction of sp³-hybridized carbons (Fsp3) is 0.333. The third-order valence-corrected chi connectivity index (χ3v) is 4.98. The minimum atomic E-state index is -0.753. The van der Waals surface area contributed by atoms with Gasteiger partial charge in [0, 0.05) is 12.2 Å². The second kappa shape index (κ2) is 8.22. The number of likely N-dealkylation sites (tertiary alicyclic amines) is 1. The molecule has 25 heavy (non-hydrogen) atoms. The third-order valence-electron chi connectivity index (χ3n) is 4.27. The average Bonchev–Trinajstić information content (AvgIpc) is 3.31. The Kier molecular flexibility index (Phi) is 5.78. The molecule has 1 aromatic heterocycles. The predicted molar refractivity (Wildman–Crippen MR) is 95.9 cm³/mol. The van der Waals surface area contributed by atoms with Crippen LogP contribution < -0.4 is 10.6 Å². The lowest BCUT2D eigenvalue weighted by atomic mass is 10.1. The summed E-state index contributed by atoms with van der Waals surface area (Å²) in [5.74, 6) is -1.84. The molecule has 2 aromatic rings. The highest BCUT2D eigenvalue weighted by Gasteiger charge is 2.25. The maximum Gasteiger partial charge on any atom is 0.313 e. The van der Waals surface area contributed by atoms with Crippen molar-refractivity contribution in [2.75, 3.05) is 25.0 Å². The summed E-state index contributed by atoms with van der Waals surface area (Å²) < 4.78 is 12.9. The number of carbonyl (C=O) groups is 2.